The summed E-state index contributed by atoms with van der Waals surface area (Å²) in [6.07, 6.45) is 1.97. The van der Waals surface area contributed by atoms with Crippen molar-refractivity contribution in [2.75, 3.05) is 19.4 Å². The van der Waals surface area contributed by atoms with Crippen molar-refractivity contribution in [1.29, 1.82) is 0 Å². The highest BCUT2D eigenvalue weighted by Crippen LogP contribution is 2.27. The molecule has 4 rings (SSSR count). The maximum Gasteiger partial charge on any atom is 0.253 e. The van der Waals surface area contributed by atoms with Crippen LogP contribution in [0.4, 0.5) is 11.5 Å². The molecule has 0 saturated carbocycles. The summed E-state index contributed by atoms with van der Waals surface area (Å²) in [4.78, 5) is 21.6. The highest BCUT2D eigenvalue weighted by Gasteiger charge is 2.10. The number of carbonyl (C=O) groups excluding carboxylic acids is 1. The number of ether oxygens (including phenoxy) is 1. The fourth-order valence-electron chi connectivity index (χ4n) is 3.37. The zero-order valence-electron chi connectivity index (χ0n) is 18.1. The van der Waals surface area contributed by atoms with Gasteiger partial charge in [-0.05, 0) is 49.7 Å². The predicted octanol–water partition coefficient (Wildman–Crippen LogP) is 5.46. The van der Waals surface area contributed by atoms with Crippen molar-refractivity contribution in [2.45, 2.75) is 20.0 Å². The zero-order valence-corrected chi connectivity index (χ0v) is 18.1. The second-order valence-corrected chi connectivity index (χ2v) is 7.94. The Morgan fingerprint density at radius 1 is 1.06 bits per heavy atom. The highest BCUT2D eigenvalue weighted by molar-refractivity contribution is 5.94. The number of rotatable bonds is 6. The second-order valence-electron chi connectivity index (χ2n) is 7.94. The molecule has 1 amide bonds. The first kappa shape index (κ1) is 20.5. The van der Waals surface area contributed by atoms with Gasteiger partial charge in [0.1, 0.15) is 11.6 Å². The van der Waals surface area contributed by atoms with Gasteiger partial charge in [-0.1, -0.05) is 18.2 Å². The maximum atomic E-state index is 12.1. The number of hydrogen-bond donors (Lipinski definition) is 2. The first-order valence-electron chi connectivity index (χ1n) is 10.2. The molecule has 2 aromatic carbocycles. The van der Waals surface area contributed by atoms with Crippen LogP contribution in [0.5, 0.6) is 5.75 Å². The predicted molar refractivity (Wildman–Crippen MR) is 125 cm³/mol. The van der Waals surface area contributed by atoms with Gasteiger partial charge >= 0.3 is 0 Å². The molecule has 4 aromatic rings. The summed E-state index contributed by atoms with van der Waals surface area (Å²) >= 11 is 0. The summed E-state index contributed by atoms with van der Waals surface area (Å²) < 4.78 is 5.76. The van der Waals surface area contributed by atoms with Crippen molar-refractivity contribution in [3.8, 4) is 17.0 Å². The molecule has 0 atom stereocenters. The Bertz CT molecular complexity index is 1210. The van der Waals surface area contributed by atoms with Crippen LogP contribution in [0, 0.1) is 0 Å². The number of benzene rings is 2. The van der Waals surface area contributed by atoms with Crippen LogP contribution >= 0.6 is 0 Å². The van der Waals surface area contributed by atoms with Gasteiger partial charge in [0.05, 0.1) is 11.6 Å². The van der Waals surface area contributed by atoms with E-state index in [9.17, 15) is 4.79 Å². The quantitative estimate of drug-likeness (QED) is 0.439. The van der Waals surface area contributed by atoms with E-state index in [0.717, 1.165) is 39.4 Å². The number of pyridine rings is 1. The third kappa shape index (κ3) is 4.69. The highest BCUT2D eigenvalue weighted by atomic mass is 16.5. The van der Waals surface area contributed by atoms with Gasteiger partial charge in [-0.15, -0.1) is 0 Å². The molecule has 0 aliphatic rings. The number of carbonyl (C=O) groups is 1. The number of nitrogens with one attached hydrogen (secondary N) is 2. The molecule has 2 N–H and O–H groups in total. The summed E-state index contributed by atoms with van der Waals surface area (Å²) in [7, 11) is 3.50. The number of aromatic amines is 1. The smallest absolute Gasteiger partial charge is 0.253 e. The average Bonchev–Trinajstić information content (AvgIpc) is 3.16. The minimum atomic E-state index is -0.00835. The molecular formula is C25H26N4O2. The Morgan fingerprint density at radius 3 is 2.55 bits per heavy atom. The van der Waals surface area contributed by atoms with Crippen LogP contribution in [0.1, 0.15) is 24.2 Å². The van der Waals surface area contributed by atoms with Gasteiger partial charge < -0.3 is 19.9 Å². The third-order valence-electron chi connectivity index (χ3n) is 4.83. The van der Waals surface area contributed by atoms with Crippen LogP contribution in [0.15, 0.2) is 66.9 Å². The lowest BCUT2D eigenvalue weighted by molar-refractivity contribution is 0.0827. The van der Waals surface area contributed by atoms with E-state index >= 15 is 0 Å². The lowest BCUT2D eigenvalue weighted by Gasteiger charge is -2.11. The van der Waals surface area contributed by atoms with Crippen molar-refractivity contribution in [1.82, 2.24) is 14.9 Å². The molecule has 0 bridgehead atoms. The first-order valence-corrected chi connectivity index (χ1v) is 10.2. The van der Waals surface area contributed by atoms with E-state index in [1.807, 2.05) is 74.6 Å². The van der Waals surface area contributed by atoms with Crippen molar-refractivity contribution < 1.29 is 9.53 Å². The van der Waals surface area contributed by atoms with Gasteiger partial charge in [0.25, 0.3) is 5.91 Å². The summed E-state index contributed by atoms with van der Waals surface area (Å²) in [6.45, 7) is 4.01. The Hall–Kier alpha value is -3.80. The lowest BCUT2D eigenvalue weighted by Crippen LogP contribution is -2.21. The van der Waals surface area contributed by atoms with Crippen LogP contribution in [-0.4, -0.2) is 41.0 Å². The average molecular weight is 415 g/mol. The van der Waals surface area contributed by atoms with Crippen LogP contribution in [0.25, 0.3) is 22.2 Å². The van der Waals surface area contributed by atoms with E-state index in [0.29, 0.717) is 5.56 Å². The Morgan fingerprint density at radius 2 is 1.84 bits per heavy atom. The van der Waals surface area contributed by atoms with Crippen molar-refractivity contribution in [2.24, 2.45) is 0 Å². The Balaban J connectivity index is 1.55. The molecule has 0 fully saturated rings. The minimum Gasteiger partial charge on any atom is -0.491 e. The van der Waals surface area contributed by atoms with Crippen molar-refractivity contribution in [3.05, 3.63) is 72.4 Å². The molecule has 158 valence electrons. The number of nitrogens with zero attached hydrogens (tertiary/aromatic N) is 2. The Labute approximate surface area is 181 Å². The first-order chi connectivity index (χ1) is 14.9. The summed E-state index contributed by atoms with van der Waals surface area (Å²) in [6, 6.07) is 19.5. The van der Waals surface area contributed by atoms with E-state index < -0.39 is 0 Å². The molecule has 6 nitrogen and oxygen atoms in total. The number of hydrogen-bond acceptors (Lipinski definition) is 4. The van der Waals surface area contributed by atoms with Gasteiger partial charge in [-0.2, -0.15) is 0 Å². The van der Waals surface area contributed by atoms with Gasteiger partial charge in [0.2, 0.25) is 0 Å². The molecular weight excluding hydrogens is 388 g/mol. The number of aromatic nitrogens is 2. The summed E-state index contributed by atoms with van der Waals surface area (Å²) in [5.41, 5.74) is 4.56. The molecule has 6 heteroatoms. The van der Waals surface area contributed by atoms with E-state index in [1.54, 1.807) is 19.0 Å². The Kier molecular flexibility index (Phi) is 5.62. The van der Waals surface area contributed by atoms with E-state index in [4.69, 9.17) is 4.74 Å². The second kappa shape index (κ2) is 8.52. The van der Waals surface area contributed by atoms with E-state index in [1.165, 1.54) is 0 Å². The van der Waals surface area contributed by atoms with Crippen LogP contribution in [-0.2, 0) is 0 Å². The minimum absolute atomic E-state index is 0.00835. The van der Waals surface area contributed by atoms with E-state index in [2.05, 4.69) is 21.4 Å². The molecule has 0 spiro atoms. The van der Waals surface area contributed by atoms with Gasteiger partial charge in [-0.25, -0.2) is 4.98 Å². The fraction of sp³-hybridized carbons (Fsp3) is 0.200. The lowest BCUT2D eigenvalue weighted by atomic mass is 10.1. The third-order valence-corrected chi connectivity index (χ3v) is 4.83. The number of anilines is 2. The molecule has 0 saturated heterocycles. The standard InChI is InChI=1S/C25H26N4O2/c1-16(2)31-21-7-5-6-20(13-21)27-24-14-23-19(15-26-24)12-22(28-23)17-8-10-18(11-9-17)25(30)29(3)4/h5-16,28H,1-4H3,(H,26,27). The van der Waals surface area contributed by atoms with Gasteiger partial charge in [-0.3, -0.25) is 4.79 Å². The molecule has 0 radical (unpaired) electrons. The van der Waals surface area contributed by atoms with Crippen molar-refractivity contribution in [3.63, 3.8) is 0 Å². The number of fused-ring (bicyclic) bond motifs is 1. The normalized spacial score (nSPS) is 11.0. The molecule has 2 aromatic heterocycles. The van der Waals surface area contributed by atoms with Crippen LogP contribution in [0.2, 0.25) is 0 Å². The van der Waals surface area contributed by atoms with Crippen LogP contribution < -0.4 is 10.1 Å². The van der Waals surface area contributed by atoms with Crippen molar-refractivity contribution >= 4 is 28.3 Å². The number of H-pyrrole nitrogens is 1. The van der Waals surface area contributed by atoms with Gasteiger partial charge in [0.15, 0.2) is 0 Å². The largest absolute Gasteiger partial charge is 0.491 e. The SMILES string of the molecule is CC(C)Oc1cccc(Nc2cc3[nH]c(-c4ccc(C(=O)N(C)C)cc4)cc3cn2)c1. The van der Waals surface area contributed by atoms with E-state index in [-0.39, 0.29) is 12.0 Å². The summed E-state index contributed by atoms with van der Waals surface area (Å²) in [5.74, 6) is 1.56. The zero-order chi connectivity index (χ0) is 22.0. The topological polar surface area (TPSA) is 70.2 Å². The molecule has 0 aliphatic heterocycles. The molecule has 2 heterocycles. The fourth-order valence-corrected chi connectivity index (χ4v) is 3.37. The summed E-state index contributed by atoms with van der Waals surface area (Å²) in [5, 5.41) is 4.36. The molecule has 0 aliphatic carbocycles. The maximum absolute atomic E-state index is 12.1. The van der Waals surface area contributed by atoms with Gasteiger partial charge in [0, 0.05) is 54.8 Å². The molecule has 31 heavy (non-hydrogen) atoms. The number of amides is 1. The molecule has 0 unspecified atom stereocenters. The monoisotopic (exact) mass is 414 g/mol. The van der Waals surface area contributed by atoms with Crippen LogP contribution in [0.3, 0.4) is 0 Å².